The maximum absolute atomic E-state index is 12.2. The van der Waals surface area contributed by atoms with E-state index >= 15 is 0 Å². The molecule has 1 saturated heterocycles. The Morgan fingerprint density at radius 1 is 1.43 bits per heavy atom. The number of hydrogen-bond donors (Lipinski definition) is 2. The van der Waals surface area contributed by atoms with Crippen LogP contribution in [0.25, 0.3) is 5.69 Å². The highest BCUT2D eigenvalue weighted by molar-refractivity contribution is 5.95. The lowest BCUT2D eigenvalue weighted by Crippen LogP contribution is -2.53. The Hall–Kier alpha value is -2.18. The molecule has 110 valence electrons. The van der Waals surface area contributed by atoms with Crippen molar-refractivity contribution in [2.45, 2.75) is 19.1 Å². The molecule has 2 heterocycles. The molecule has 1 aromatic carbocycles. The first-order chi connectivity index (χ1) is 10.2. The fraction of sp³-hybridized carbons (Fsp3) is 0.333. The van der Waals surface area contributed by atoms with Crippen LogP contribution in [0.4, 0.5) is 5.69 Å². The summed E-state index contributed by atoms with van der Waals surface area (Å²) in [5, 5.41) is 10.3. The van der Waals surface area contributed by atoms with Gasteiger partial charge in [0.15, 0.2) is 0 Å². The number of rotatable bonds is 3. The summed E-state index contributed by atoms with van der Waals surface area (Å²) in [7, 11) is 0. The lowest BCUT2D eigenvalue weighted by atomic mass is 10.1. The Balaban J connectivity index is 1.68. The van der Waals surface area contributed by atoms with E-state index in [1.165, 1.54) is 0 Å². The van der Waals surface area contributed by atoms with E-state index in [1.54, 1.807) is 17.1 Å². The predicted octanol–water partition coefficient (Wildman–Crippen LogP) is 1.19. The molecule has 0 bridgehead atoms. The molecular formula is C15H18N4O2. The van der Waals surface area contributed by atoms with Gasteiger partial charge in [-0.3, -0.25) is 4.79 Å². The van der Waals surface area contributed by atoms with Gasteiger partial charge in [0, 0.05) is 6.54 Å². The van der Waals surface area contributed by atoms with Gasteiger partial charge in [0.1, 0.15) is 6.04 Å². The summed E-state index contributed by atoms with van der Waals surface area (Å²) in [5.74, 6) is -0.102. The van der Waals surface area contributed by atoms with E-state index in [0.717, 1.165) is 5.69 Å². The topological polar surface area (TPSA) is 68.2 Å². The van der Waals surface area contributed by atoms with Gasteiger partial charge in [-0.1, -0.05) is 18.2 Å². The second-order valence-electron chi connectivity index (χ2n) is 5.01. The molecule has 0 unspecified atom stereocenters. The zero-order chi connectivity index (χ0) is 14.7. The maximum Gasteiger partial charge on any atom is 0.244 e. The van der Waals surface area contributed by atoms with Gasteiger partial charge < -0.3 is 15.4 Å². The van der Waals surface area contributed by atoms with Crippen LogP contribution in [0, 0.1) is 0 Å². The molecule has 0 aliphatic carbocycles. The van der Waals surface area contributed by atoms with Crippen LogP contribution in [-0.4, -0.2) is 41.0 Å². The van der Waals surface area contributed by atoms with Gasteiger partial charge in [0.25, 0.3) is 0 Å². The van der Waals surface area contributed by atoms with Gasteiger partial charge in [-0.2, -0.15) is 5.10 Å². The molecule has 6 nitrogen and oxygen atoms in total. The smallest absolute Gasteiger partial charge is 0.244 e. The van der Waals surface area contributed by atoms with Crippen LogP contribution in [0.2, 0.25) is 0 Å². The number of amides is 1. The molecule has 0 radical (unpaired) electrons. The lowest BCUT2D eigenvalue weighted by molar-refractivity contribution is -0.123. The third-order valence-corrected chi connectivity index (χ3v) is 3.47. The van der Waals surface area contributed by atoms with Gasteiger partial charge in [-0.05, 0) is 19.1 Å². The van der Waals surface area contributed by atoms with Crippen molar-refractivity contribution < 1.29 is 9.53 Å². The van der Waals surface area contributed by atoms with Crippen LogP contribution in [0.3, 0.4) is 0 Å². The third kappa shape index (κ3) is 3.12. The van der Waals surface area contributed by atoms with Crippen molar-refractivity contribution in [1.29, 1.82) is 0 Å². The normalized spacial score (nSPS) is 22.0. The largest absolute Gasteiger partial charge is 0.375 e. The molecule has 1 aromatic heterocycles. The first-order valence-electron chi connectivity index (χ1n) is 7.00. The zero-order valence-corrected chi connectivity index (χ0v) is 11.8. The van der Waals surface area contributed by atoms with E-state index in [4.69, 9.17) is 4.74 Å². The minimum absolute atomic E-state index is 0.102. The lowest BCUT2D eigenvalue weighted by Gasteiger charge is -2.29. The van der Waals surface area contributed by atoms with E-state index in [0.29, 0.717) is 18.8 Å². The van der Waals surface area contributed by atoms with Crippen LogP contribution >= 0.6 is 0 Å². The van der Waals surface area contributed by atoms with Crippen molar-refractivity contribution in [3.63, 3.8) is 0 Å². The summed E-state index contributed by atoms with van der Waals surface area (Å²) in [6.45, 7) is 3.21. The van der Waals surface area contributed by atoms with Gasteiger partial charge in [0.2, 0.25) is 5.91 Å². The Bertz CT molecular complexity index is 611. The number of ether oxygens (including phenoxy) is 1. The highest BCUT2D eigenvalue weighted by Gasteiger charge is 2.28. The van der Waals surface area contributed by atoms with E-state index in [-0.39, 0.29) is 18.1 Å². The molecular weight excluding hydrogens is 268 g/mol. The molecule has 2 atom stereocenters. The highest BCUT2D eigenvalue weighted by atomic mass is 16.5. The molecule has 1 fully saturated rings. The molecule has 6 heteroatoms. The van der Waals surface area contributed by atoms with Crippen molar-refractivity contribution in [3.05, 3.63) is 42.7 Å². The van der Waals surface area contributed by atoms with Gasteiger partial charge in [-0.15, -0.1) is 0 Å². The van der Waals surface area contributed by atoms with Crippen LogP contribution in [0.5, 0.6) is 0 Å². The zero-order valence-electron chi connectivity index (χ0n) is 11.8. The minimum Gasteiger partial charge on any atom is -0.375 e. The molecule has 1 amide bonds. The SMILES string of the molecule is C[C@H]1OCCN[C@@H]1C(=O)Nc1cnn(-c2ccccc2)c1. The number of nitrogens with zero attached hydrogens (tertiary/aromatic N) is 2. The molecule has 2 aromatic rings. The number of hydrogen-bond acceptors (Lipinski definition) is 4. The monoisotopic (exact) mass is 286 g/mol. The summed E-state index contributed by atoms with van der Waals surface area (Å²) in [4.78, 5) is 12.2. The van der Waals surface area contributed by atoms with Crippen molar-refractivity contribution in [2.75, 3.05) is 18.5 Å². The summed E-state index contributed by atoms with van der Waals surface area (Å²) in [6, 6.07) is 9.42. The Kier molecular flexibility index (Phi) is 3.98. The van der Waals surface area contributed by atoms with E-state index in [9.17, 15) is 4.79 Å². The van der Waals surface area contributed by atoms with E-state index in [1.807, 2.05) is 37.3 Å². The average Bonchev–Trinajstić information content (AvgIpc) is 2.97. The summed E-state index contributed by atoms with van der Waals surface area (Å²) in [6.07, 6.45) is 3.30. The Morgan fingerprint density at radius 3 is 3.00 bits per heavy atom. The number of carbonyl (C=O) groups excluding carboxylic acids is 1. The van der Waals surface area contributed by atoms with Crippen LogP contribution < -0.4 is 10.6 Å². The molecule has 1 aliphatic heterocycles. The van der Waals surface area contributed by atoms with Gasteiger partial charge >= 0.3 is 0 Å². The highest BCUT2D eigenvalue weighted by Crippen LogP contribution is 2.13. The Labute approximate surface area is 123 Å². The maximum atomic E-state index is 12.2. The number of aromatic nitrogens is 2. The number of benzene rings is 1. The number of morpholine rings is 1. The van der Waals surface area contributed by atoms with Crippen molar-refractivity contribution >= 4 is 11.6 Å². The van der Waals surface area contributed by atoms with Crippen molar-refractivity contribution in [3.8, 4) is 5.69 Å². The van der Waals surface area contributed by atoms with Crippen LogP contribution in [0.1, 0.15) is 6.92 Å². The number of anilines is 1. The number of para-hydroxylation sites is 1. The minimum atomic E-state index is -0.334. The summed E-state index contributed by atoms with van der Waals surface area (Å²) >= 11 is 0. The molecule has 3 rings (SSSR count). The summed E-state index contributed by atoms with van der Waals surface area (Å²) in [5.41, 5.74) is 1.62. The predicted molar refractivity (Wildman–Crippen MR) is 79.4 cm³/mol. The van der Waals surface area contributed by atoms with Gasteiger partial charge in [-0.25, -0.2) is 4.68 Å². The van der Waals surface area contributed by atoms with Crippen molar-refractivity contribution in [1.82, 2.24) is 15.1 Å². The quantitative estimate of drug-likeness (QED) is 0.889. The number of nitrogens with one attached hydrogen (secondary N) is 2. The van der Waals surface area contributed by atoms with Crippen LogP contribution in [0.15, 0.2) is 42.7 Å². The molecule has 2 N–H and O–H groups in total. The van der Waals surface area contributed by atoms with E-state index in [2.05, 4.69) is 15.7 Å². The fourth-order valence-electron chi connectivity index (χ4n) is 2.36. The third-order valence-electron chi connectivity index (χ3n) is 3.47. The first-order valence-corrected chi connectivity index (χ1v) is 7.00. The first kappa shape index (κ1) is 13.8. The Morgan fingerprint density at radius 2 is 2.24 bits per heavy atom. The summed E-state index contributed by atoms with van der Waals surface area (Å²) < 4.78 is 7.21. The molecule has 0 saturated carbocycles. The standard InChI is InChI=1S/C15H18N4O2/c1-11-14(16-7-8-21-11)15(20)18-12-9-17-19(10-12)13-5-3-2-4-6-13/h2-6,9-11,14,16H,7-8H2,1H3,(H,18,20)/t11-,14+/m1/s1. The second kappa shape index (κ2) is 6.07. The number of carbonyl (C=O) groups is 1. The van der Waals surface area contributed by atoms with Gasteiger partial charge in [0.05, 0.1) is 36.5 Å². The van der Waals surface area contributed by atoms with E-state index < -0.39 is 0 Å². The van der Waals surface area contributed by atoms with Crippen molar-refractivity contribution in [2.24, 2.45) is 0 Å². The molecule has 21 heavy (non-hydrogen) atoms. The van der Waals surface area contributed by atoms with Crippen LogP contribution in [-0.2, 0) is 9.53 Å². The fourth-order valence-corrected chi connectivity index (χ4v) is 2.36. The average molecular weight is 286 g/mol. The second-order valence-corrected chi connectivity index (χ2v) is 5.01. The molecule has 0 spiro atoms. The molecule has 1 aliphatic rings.